The number of halogens is 1. The summed E-state index contributed by atoms with van der Waals surface area (Å²) in [6.07, 6.45) is 3.46. The highest BCUT2D eigenvalue weighted by Gasteiger charge is 2.14. The molecule has 0 aliphatic carbocycles. The van der Waals surface area contributed by atoms with Gasteiger partial charge in [-0.2, -0.15) is 0 Å². The summed E-state index contributed by atoms with van der Waals surface area (Å²) in [5.41, 5.74) is 3.18. The second kappa shape index (κ2) is 5.61. The van der Waals surface area contributed by atoms with Crippen molar-refractivity contribution >= 4 is 11.2 Å². The van der Waals surface area contributed by atoms with Gasteiger partial charge in [0.1, 0.15) is 17.0 Å². The van der Waals surface area contributed by atoms with Crippen LogP contribution in [0.3, 0.4) is 0 Å². The van der Waals surface area contributed by atoms with Crippen molar-refractivity contribution in [2.75, 3.05) is 0 Å². The van der Waals surface area contributed by atoms with E-state index in [2.05, 4.69) is 15.0 Å². The molecule has 0 saturated heterocycles. The predicted molar refractivity (Wildman–Crippen MR) is 86.3 cm³/mol. The Kier molecular flexibility index (Phi) is 3.31. The quantitative estimate of drug-likeness (QED) is 0.580. The molecule has 3 aromatic heterocycles. The molecule has 0 aliphatic heterocycles. The van der Waals surface area contributed by atoms with E-state index in [9.17, 15) is 4.39 Å². The highest BCUT2D eigenvalue weighted by atomic mass is 19.1. The third-order valence-electron chi connectivity index (χ3n) is 3.63. The summed E-state index contributed by atoms with van der Waals surface area (Å²) in [6.45, 7) is 0.483. The molecule has 112 valence electrons. The molecule has 23 heavy (non-hydrogen) atoms. The van der Waals surface area contributed by atoms with Crippen LogP contribution in [0, 0.1) is 5.82 Å². The van der Waals surface area contributed by atoms with Crippen LogP contribution in [-0.2, 0) is 6.54 Å². The Balaban J connectivity index is 1.89. The topological polar surface area (TPSA) is 43.6 Å². The van der Waals surface area contributed by atoms with Crippen molar-refractivity contribution in [1.82, 2.24) is 19.5 Å². The third kappa shape index (κ3) is 2.57. The van der Waals surface area contributed by atoms with Gasteiger partial charge in [-0.1, -0.05) is 18.2 Å². The fourth-order valence-electron chi connectivity index (χ4n) is 2.62. The van der Waals surface area contributed by atoms with Crippen molar-refractivity contribution in [3.63, 3.8) is 0 Å². The Hall–Kier alpha value is -3.08. The van der Waals surface area contributed by atoms with Gasteiger partial charge in [0.05, 0.1) is 6.54 Å². The van der Waals surface area contributed by atoms with Crippen molar-refractivity contribution in [1.29, 1.82) is 0 Å². The number of hydrogen-bond acceptors (Lipinski definition) is 3. The fourth-order valence-corrected chi connectivity index (χ4v) is 2.62. The lowest BCUT2D eigenvalue weighted by Gasteiger charge is -2.08. The largest absolute Gasteiger partial charge is 0.303 e. The van der Waals surface area contributed by atoms with E-state index in [1.165, 1.54) is 12.1 Å². The fraction of sp³-hybridized carbons (Fsp3) is 0.0556. The van der Waals surface area contributed by atoms with Crippen molar-refractivity contribution in [3.8, 4) is 11.5 Å². The van der Waals surface area contributed by atoms with Crippen LogP contribution in [0.5, 0.6) is 0 Å². The van der Waals surface area contributed by atoms with Crippen molar-refractivity contribution in [2.24, 2.45) is 0 Å². The summed E-state index contributed by atoms with van der Waals surface area (Å²) in [4.78, 5) is 13.4. The first kappa shape index (κ1) is 13.6. The zero-order chi connectivity index (χ0) is 15.6. The van der Waals surface area contributed by atoms with Crippen LogP contribution in [0.25, 0.3) is 22.7 Å². The zero-order valence-electron chi connectivity index (χ0n) is 12.2. The minimum Gasteiger partial charge on any atom is -0.303 e. The van der Waals surface area contributed by atoms with E-state index in [1.807, 2.05) is 41.0 Å². The van der Waals surface area contributed by atoms with E-state index in [4.69, 9.17) is 0 Å². The predicted octanol–water partition coefficient (Wildman–Crippen LogP) is 3.68. The van der Waals surface area contributed by atoms with Gasteiger partial charge in [-0.05, 0) is 42.0 Å². The van der Waals surface area contributed by atoms with Crippen LogP contribution < -0.4 is 0 Å². The van der Waals surface area contributed by atoms with Crippen LogP contribution in [0.15, 0.2) is 67.0 Å². The molecule has 0 fully saturated rings. The summed E-state index contributed by atoms with van der Waals surface area (Å²) in [6, 6.07) is 16.0. The summed E-state index contributed by atoms with van der Waals surface area (Å²) in [5.74, 6) is 0.475. The van der Waals surface area contributed by atoms with Gasteiger partial charge in [-0.25, -0.2) is 14.4 Å². The molecule has 0 saturated carbocycles. The van der Waals surface area contributed by atoms with E-state index in [1.54, 1.807) is 18.5 Å². The zero-order valence-corrected chi connectivity index (χ0v) is 12.2. The molecule has 5 heteroatoms. The normalized spacial score (nSPS) is 11.0. The molecule has 1 aromatic carbocycles. The van der Waals surface area contributed by atoms with Crippen molar-refractivity contribution in [2.45, 2.75) is 6.54 Å². The van der Waals surface area contributed by atoms with Gasteiger partial charge in [0.15, 0.2) is 11.5 Å². The summed E-state index contributed by atoms with van der Waals surface area (Å²) in [7, 11) is 0. The van der Waals surface area contributed by atoms with Gasteiger partial charge >= 0.3 is 0 Å². The van der Waals surface area contributed by atoms with E-state index in [0.29, 0.717) is 6.54 Å². The smallest absolute Gasteiger partial charge is 0.161 e. The van der Waals surface area contributed by atoms with Gasteiger partial charge in [0.2, 0.25) is 0 Å². The second-order valence-corrected chi connectivity index (χ2v) is 5.21. The van der Waals surface area contributed by atoms with Crippen LogP contribution in [0.1, 0.15) is 5.56 Å². The molecule has 0 spiro atoms. The molecule has 3 heterocycles. The first-order chi connectivity index (χ1) is 11.3. The lowest BCUT2D eigenvalue weighted by molar-refractivity contribution is 0.624. The minimum atomic E-state index is -0.251. The van der Waals surface area contributed by atoms with Crippen LogP contribution >= 0.6 is 0 Å². The maximum Gasteiger partial charge on any atom is 0.161 e. The number of pyridine rings is 2. The number of fused-ring (bicyclic) bond motifs is 1. The van der Waals surface area contributed by atoms with Crippen LogP contribution in [0.2, 0.25) is 0 Å². The molecule has 0 radical (unpaired) electrons. The first-order valence-electron chi connectivity index (χ1n) is 7.28. The lowest BCUT2D eigenvalue weighted by Crippen LogP contribution is -2.04. The summed E-state index contributed by atoms with van der Waals surface area (Å²) < 4.78 is 15.4. The first-order valence-corrected chi connectivity index (χ1v) is 7.28. The number of aromatic nitrogens is 4. The van der Waals surface area contributed by atoms with Crippen LogP contribution in [-0.4, -0.2) is 19.5 Å². The average Bonchev–Trinajstić information content (AvgIpc) is 2.95. The van der Waals surface area contributed by atoms with Gasteiger partial charge in [0.25, 0.3) is 0 Å². The summed E-state index contributed by atoms with van der Waals surface area (Å²) in [5, 5.41) is 0. The van der Waals surface area contributed by atoms with Crippen LogP contribution in [0.4, 0.5) is 4.39 Å². The maximum absolute atomic E-state index is 13.5. The van der Waals surface area contributed by atoms with Crippen molar-refractivity contribution in [3.05, 3.63) is 78.4 Å². The van der Waals surface area contributed by atoms with Gasteiger partial charge in [-0.15, -0.1) is 0 Å². The molecule has 0 atom stereocenters. The Morgan fingerprint density at radius 3 is 2.65 bits per heavy atom. The van der Waals surface area contributed by atoms with Gasteiger partial charge < -0.3 is 4.57 Å². The Morgan fingerprint density at radius 2 is 1.83 bits per heavy atom. The highest BCUT2D eigenvalue weighted by molar-refractivity contribution is 5.76. The average molecular weight is 304 g/mol. The maximum atomic E-state index is 13.5. The van der Waals surface area contributed by atoms with E-state index >= 15 is 0 Å². The SMILES string of the molecule is Fc1cccc(Cn2c(-c3ccccn3)nc3cccnc32)c1. The number of nitrogens with zero attached hydrogens (tertiary/aromatic N) is 4. The molecule has 4 rings (SSSR count). The molecule has 0 unspecified atom stereocenters. The Bertz CT molecular complexity index is 963. The van der Waals surface area contributed by atoms with E-state index < -0.39 is 0 Å². The van der Waals surface area contributed by atoms with E-state index in [-0.39, 0.29) is 5.82 Å². The molecular formula is C18H13FN4. The molecule has 0 amide bonds. The van der Waals surface area contributed by atoms with Gasteiger partial charge in [0, 0.05) is 12.4 Å². The molecule has 4 aromatic rings. The molecule has 0 N–H and O–H groups in total. The molecule has 0 aliphatic rings. The number of rotatable bonds is 3. The lowest BCUT2D eigenvalue weighted by atomic mass is 10.2. The highest BCUT2D eigenvalue weighted by Crippen LogP contribution is 2.23. The van der Waals surface area contributed by atoms with E-state index in [0.717, 1.165) is 28.2 Å². The Labute approximate surface area is 132 Å². The second-order valence-electron chi connectivity index (χ2n) is 5.21. The number of benzene rings is 1. The van der Waals surface area contributed by atoms with Crippen molar-refractivity contribution < 1.29 is 4.39 Å². The standard InChI is InChI=1S/C18H13FN4/c19-14-6-3-5-13(11-14)12-23-17-16(8-4-10-21-17)22-18(23)15-7-1-2-9-20-15/h1-11H,12H2. The number of hydrogen-bond donors (Lipinski definition) is 0. The minimum absolute atomic E-state index is 0.251. The molecular weight excluding hydrogens is 291 g/mol. The monoisotopic (exact) mass is 304 g/mol. The summed E-state index contributed by atoms with van der Waals surface area (Å²) >= 11 is 0. The number of imidazole rings is 1. The third-order valence-corrected chi connectivity index (χ3v) is 3.63. The Morgan fingerprint density at radius 1 is 0.913 bits per heavy atom. The molecule has 0 bridgehead atoms. The molecule has 4 nitrogen and oxygen atoms in total. The van der Waals surface area contributed by atoms with Gasteiger partial charge in [-0.3, -0.25) is 4.98 Å².